The summed E-state index contributed by atoms with van der Waals surface area (Å²) in [5.41, 5.74) is 15.0. The molecule has 0 bridgehead atoms. The Morgan fingerprint density at radius 2 is 1.91 bits per heavy atom. The number of hydrogen-bond donors (Lipinski definition) is 3. The first-order valence-corrected chi connectivity index (χ1v) is 11.0. The van der Waals surface area contributed by atoms with Crippen LogP contribution in [0, 0.1) is 0 Å². The van der Waals surface area contributed by atoms with Gasteiger partial charge >= 0.3 is 0 Å². The second-order valence-electron chi connectivity index (χ2n) is 7.81. The molecule has 1 amide bonds. The summed E-state index contributed by atoms with van der Waals surface area (Å²) in [5, 5.41) is 4.27. The summed E-state index contributed by atoms with van der Waals surface area (Å²) in [4.78, 5) is 21.2. The normalized spacial score (nSPS) is 11.8. The number of oxazole rings is 1. The number of nitrogens with zero attached hydrogens (tertiary/aromatic N) is 2. The summed E-state index contributed by atoms with van der Waals surface area (Å²) >= 11 is 0. The first kappa shape index (κ1) is 22.2. The third kappa shape index (κ3) is 4.57. The number of amides is 1. The molecule has 0 atom stereocenters. The largest absolute Gasteiger partial charge is 0.497 e. The smallest absolute Gasteiger partial charge is 0.292 e. The van der Waals surface area contributed by atoms with Crippen LogP contribution >= 0.6 is 0 Å². The van der Waals surface area contributed by atoms with Crippen molar-refractivity contribution in [2.45, 2.75) is 6.42 Å². The van der Waals surface area contributed by atoms with Crippen LogP contribution in [-0.4, -0.2) is 24.5 Å². The molecule has 0 unspecified atom stereocenters. The Morgan fingerprint density at radius 3 is 2.74 bits per heavy atom. The zero-order valence-corrected chi connectivity index (χ0v) is 18.9. The van der Waals surface area contributed by atoms with E-state index in [1.54, 1.807) is 13.2 Å². The Hall–Kier alpha value is -4.63. The van der Waals surface area contributed by atoms with Gasteiger partial charge in [0.25, 0.3) is 6.01 Å². The molecule has 0 spiro atoms. The van der Waals surface area contributed by atoms with Gasteiger partial charge in [-0.15, -0.1) is 0 Å². The highest BCUT2D eigenvalue weighted by molar-refractivity contribution is 5.94. The SMILES string of the molecule is COc1ccc2oc(-c3ccc4nc(N)oc4c3)c/c(=N\c3ccccc3NC(=O)CCN)c2c1. The average molecular weight is 470 g/mol. The van der Waals surface area contributed by atoms with E-state index in [0.717, 1.165) is 10.9 Å². The number of ether oxygens (including phenoxy) is 1. The third-order valence-electron chi connectivity index (χ3n) is 5.43. The zero-order valence-electron chi connectivity index (χ0n) is 18.9. The van der Waals surface area contributed by atoms with Gasteiger partial charge in [-0.25, -0.2) is 4.99 Å². The first-order valence-electron chi connectivity index (χ1n) is 11.0. The molecular formula is C26H23N5O4. The first-order chi connectivity index (χ1) is 17.0. The molecule has 0 radical (unpaired) electrons. The number of benzene rings is 3. The summed E-state index contributed by atoms with van der Waals surface area (Å²) in [6, 6.07) is 20.3. The van der Waals surface area contributed by atoms with E-state index in [0.29, 0.717) is 44.9 Å². The Morgan fingerprint density at radius 1 is 1.06 bits per heavy atom. The quantitative estimate of drug-likeness (QED) is 0.335. The fraction of sp³-hybridized carbons (Fsp3) is 0.115. The monoisotopic (exact) mass is 469 g/mol. The number of para-hydroxylation sites is 2. The van der Waals surface area contributed by atoms with Gasteiger partial charge in [-0.05, 0) is 48.5 Å². The predicted molar refractivity (Wildman–Crippen MR) is 134 cm³/mol. The molecule has 5 aromatic rings. The lowest BCUT2D eigenvalue weighted by Gasteiger charge is -2.09. The van der Waals surface area contributed by atoms with E-state index in [4.69, 9.17) is 30.0 Å². The zero-order chi connectivity index (χ0) is 24.4. The van der Waals surface area contributed by atoms with Crippen LogP contribution in [-0.2, 0) is 4.79 Å². The molecule has 0 fully saturated rings. The predicted octanol–water partition coefficient (Wildman–Crippen LogP) is 4.35. The molecule has 0 saturated carbocycles. The molecule has 0 aliphatic rings. The van der Waals surface area contributed by atoms with Gasteiger partial charge in [0.1, 0.15) is 22.6 Å². The minimum Gasteiger partial charge on any atom is -0.497 e. The Kier molecular flexibility index (Phi) is 5.90. The van der Waals surface area contributed by atoms with Crippen LogP contribution < -0.4 is 26.9 Å². The fourth-order valence-corrected chi connectivity index (χ4v) is 3.76. The molecule has 9 heteroatoms. The van der Waals surface area contributed by atoms with Crippen molar-refractivity contribution < 1.29 is 18.4 Å². The average Bonchev–Trinajstić information content (AvgIpc) is 3.24. The van der Waals surface area contributed by atoms with Crippen molar-refractivity contribution >= 4 is 45.4 Å². The van der Waals surface area contributed by atoms with E-state index in [9.17, 15) is 4.79 Å². The number of fused-ring (bicyclic) bond motifs is 2. The van der Waals surface area contributed by atoms with E-state index in [1.807, 2.05) is 60.7 Å². The number of aromatic nitrogens is 1. The highest BCUT2D eigenvalue weighted by atomic mass is 16.5. The molecular weight excluding hydrogens is 446 g/mol. The van der Waals surface area contributed by atoms with E-state index in [-0.39, 0.29) is 24.9 Å². The van der Waals surface area contributed by atoms with Gasteiger partial charge in [-0.3, -0.25) is 4.79 Å². The number of rotatable bonds is 6. The second-order valence-corrected chi connectivity index (χ2v) is 7.81. The van der Waals surface area contributed by atoms with Crippen molar-refractivity contribution in [3.8, 4) is 17.1 Å². The van der Waals surface area contributed by atoms with Gasteiger partial charge in [0.15, 0.2) is 5.58 Å². The molecule has 5 rings (SSSR count). The van der Waals surface area contributed by atoms with Crippen molar-refractivity contribution in [2.24, 2.45) is 10.7 Å². The highest BCUT2D eigenvalue weighted by Gasteiger charge is 2.12. The number of carbonyl (C=O) groups excluding carboxylic acids is 1. The Bertz CT molecular complexity index is 1620. The lowest BCUT2D eigenvalue weighted by atomic mass is 10.1. The highest BCUT2D eigenvalue weighted by Crippen LogP contribution is 2.29. The summed E-state index contributed by atoms with van der Waals surface area (Å²) in [6.07, 6.45) is 0.220. The maximum Gasteiger partial charge on any atom is 0.292 e. The molecule has 176 valence electrons. The molecule has 5 N–H and O–H groups in total. The minimum absolute atomic E-state index is 0.101. The number of nitrogens with two attached hydrogens (primary N) is 2. The maximum atomic E-state index is 12.2. The molecule has 3 aromatic carbocycles. The standard InChI is InChI=1S/C26H23N5O4/c1-33-16-7-9-22-17(13-16)21(29-18-4-2-3-5-19(18)30-25(32)10-11-27)14-23(34-22)15-6-8-20-24(12-15)35-26(28)31-20/h2-9,12-14H,10-11,27H2,1H3,(H2,28,31)(H,30,32)/b29-21+. The molecule has 2 aromatic heterocycles. The lowest BCUT2D eigenvalue weighted by molar-refractivity contribution is -0.116. The Balaban J connectivity index is 1.70. The van der Waals surface area contributed by atoms with Crippen LogP contribution in [0.1, 0.15) is 6.42 Å². The van der Waals surface area contributed by atoms with Gasteiger partial charge in [-0.2, -0.15) is 4.98 Å². The van der Waals surface area contributed by atoms with Crippen molar-refractivity contribution in [1.82, 2.24) is 4.98 Å². The van der Waals surface area contributed by atoms with Gasteiger partial charge in [0.05, 0.1) is 23.8 Å². The van der Waals surface area contributed by atoms with Crippen LogP contribution in [0.15, 0.2) is 80.6 Å². The van der Waals surface area contributed by atoms with Crippen LogP contribution in [0.2, 0.25) is 0 Å². The summed E-state index contributed by atoms with van der Waals surface area (Å²) in [7, 11) is 1.60. The molecule has 2 heterocycles. The van der Waals surface area contributed by atoms with Crippen LogP contribution in [0.3, 0.4) is 0 Å². The van der Waals surface area contributed by atoms with Crippen molar-refractivity contribution in [3.05, 3.63) is 72.1 Å². The number of hydrogen-bond acceptors (Lipinski definition) is 8. The maximum absolute atomic E-state index is 12.2. The molecule has 0 aliphatic heterocycles. The van der Waals surface area contributed by atoms with E-state index < -0.39 is 0 Å². The summed E-state index contributed by atoms with van der Waals surface area (Å²) in [6.45, 7) is 0.264. The van der Waals surface area contributed by atoms with Gasteiger partial charge in [-0.1, -0.05) is 12.1 Å². The van der Waals surface area contributed by atoms with Crippen molar-refractivity contribution in [3.63, 3.8) is 0 Å². The molecule has 35 heavy (non-hydrogen) atoms. The molecule has 0 aliphatic carbocycles. The Labute approximate surface area is 200 Å². The summed E-state index contributed by atoms with van der Waals surface area (Å²) < 4.78 is 17.1. The number of nitrogen functional groups attached to an aromatic ring is 1. The van der Waals surface area contributed by atoms with E-state index >= 15 is 0 Å². The summed E-state index contributed by atoms with van der Waals surface area (Å²) in [5.74, 6) is 1.06. The van der Waals surface area contributed by atoms with Crippen LogP contribution in [0.4, 0.5) is 17.4 Å². The van der Waals surface area contributed by atoms with Crippen molar-refractivity contribution in [1.29, 1.82) is 0 Å². The van der Waals surface area contributed by atoms with Gasteiger partial charge in [0, 0.05) is 30.0 Å². The van der Waals surface area contributed by atoms with Crippen LogP contribution in [0.25, 0.3) is 33.4 Å². The third-order valence-corrected chi connectivity index (χ3v) is 5.43. The number of anilines is 2. The lowest BCUT2D eigenvalue weighted by Crippen LogP contribution is -2.16. The number of nitrogens with one attached hydrogen (secondary N) is 1. The number of carbonyl (C=O) groups is 1. The molecule has 9 nitrogen and oxygen atoms in total. The van der Waals surface area contributed by atoms with Crippen molar-refractivity contribution in [2.75, 3.05) is 24.7 Å². The topological polar surface area (TPSA) is 142 Å². The van der Waals surface area contributed by atoms with Crippen LogP contribution in [0.5, 0.6) is 5.75 Å². The van der Waals surface area contributed by atoms with Gasteiger partial charge in [0.2, 0.25) is 5.91 Å². The van der Waals surface area contributed by atoms with E-state index in [1.165, 1.54) is 0 Å². The molecule has 0 saturated heterocycles. The van der Waals surface area contributed by atoms with E-state index in [2.05, 4.69) is 10.3 Å². The number of methoxy groups -OCH3 is 1. The fourth-order valence-electron chi connectivity index (χ4n) is 3.76. The van der Waals surface area contributed by atoms with Gasteiger partial charge < -0.3 is 30.4 Å². The second kappa shape index (κ2) is 9.32. The minimum atomic E-state index is -0.176.